The molecule has 24 heavy (non-hydrogen) atoms. The highest BCUT2D eigenvalue weighted by molar-refractivity contribution is 9.10. The zero-order valence-electron chi connectivity index (χ0n) is 13.6. The molecule has 0 spiro atoms. The lowest BCUT2D eigenvalue weighted by atomic mass is 10.1. The van der Waals surface area contributed by atoms with Gasteiger partial charge in [0.2, 0.25) is 10.0 Å². The average Bonchev–Trinajstić information content (AvgIpc) is 2.81. The molecule has 2 N–H and O–H groups in total. The highest BCUT2D eigenvalue weighted by Gasteiger charge is 2.20. The lowest BCUT2D eigenvalue weighted by Crippen LogP contribution is -2.34. The number of carbonyl (C=O) groups excluding carboxylic acids is 1. The van der Waals surface area contributed by atoms with Gasteiger partial charge < -0.3 is 5.32 Å². The molecular weight excluding hydrogens is 392 g/mol. The number of amides is 1. The van der Waals surface area contributed by atoms with E-state index in [0.29, 0.717) is 10.0 Å². The number of nitrogens with one attached hydrogen (secondary N) is 2. The molecule has 1 amide bonds. The smallest absolute Gasteiger partial charge is 0.252 e. The van der Waals surface area contributed by atoms with E-state index in [9.17, 15) is 13.2 Å². The molecule has 7 heteroatoms. The Morgan fingerprint density at radius 3 is 2.54 bits per heavy atom. The minimum absolute atomic E-state index is 0.0681. The summed E-state index contributed by atoms with van der Waals surface area (Å²) < 4.78 is 27.4. The second-order valence-corrected chi connectivity index (χ2v) is 8.57. The minimum Gasteiger partial charge on any atom is -0.349 e. The molecule has 0 heterocycles. The molecule has 132 valence electrons. The molecule has 1 fully saturated rings. The normalized spacial score (nSPS) is 16.4. The van der Waals surface area contributed by atoms with Gasteiger partial charge in [0.1, 0.15) is 0 Å². The molecular formula is C17H23BrN2O3S. The molecule has 1 saturated carbocycles. The summed E-state index contributed by atoms with van der Waals surface area (Å²) >= 11 is 3.34. The van der Waals surface area contributed by atoms with Gasteiger partial charge in [0.05, 0.1) is 10.5 Å². The van der Waals surface area contributed by atoms with Crippen LogP contribution in [0.15, 0.2) is 40.2 Å². The largest absolute Gasteiger partial charge is 0.349 e. The first-order valence-corrected chi connectivity index (χ1v) is 10.4. The molecule has 0 saturated heterocycles. The van der Waals surface area contributed by atoms with Gasteiger partial charge in [-0.2, -0.15) is 0 Å². The van der Waals surface area contributed by atoms with E-state index in [1.807, 2.05) is 0 Å². The summed E-state index contributed by atoms with van der Waals surface area (Å²) in [7, 11) is -3.66. The van der Waals surface area contributed by atoms with Crippen LogP contribution in [-0.2, 0) is 10.0 Å². The third-order valence-corrected chi connectivity index (χ3v) is 6.21. The van der Waals surface area contributed by atoms with E-state index in [2.05, 4.69) is 32.5 Å². The standard InChI is InChI=1S/C17H23BrN2O3S/c1-2-11-19-24(22,23)14-9-10-16(18)15(12-14)17(21)20-13-7-5-3-4-6-8-13/h2,9-10,12-13,19H,1,3-8,11H2,(H,20,21). The lowest BCUT2D eigenvalue weighted by Gasteiger charge is -2.17. The third kappa shape index (κ3) is 5.16. The van der Waals surface area contributed by atoms with E-state index in [4.69, 9.17) is 0 Å². The van der Waals surface area contributed by atoms with Crippen LogP contribution in [0.5, 0.6) is 0 Å². The van der Waals surface area contributed by atoms with Crippen molar-refractivity contribution in [2.45, 2.75) is 49.5 Å². The maximum absolute atomic E-state index is 12.6. The molecule has 1 aliphatic carbocycles. The van der Waals surface area contributed by atoms with E-state index in [1.54, 1.807) is 6.07 Å². The SMILES string of the molecule is C=CCNS(=O)(=O)c1ccc(Br)c(C(=O)NC2CCCCCC2)c1. The zero-order chi connectivity index (χ0) is 17.6. The minimum atomic E-state index is -3.66. The lowest BCUT2D eigenvalue weighted by molar-refractivity contribution is 0.0932. The van der Waals surface area contributed by atoms with Crippen molar-refractivity contribution >= 4 is 31.9 Å². The van der Waals surface area contributed by atoms with Crippen LogP contribution in [0.25, 0.3) is 0 Å². The van der Waals surface area contributed by atoms with E-state index < -0.39 is 10.0 Å². The Kier molecular flexibility index (Phi) is 7.01. The number of hydrogen-bond donors (Lipinski definition) is 2. The van der Waals surface area contributed by atoms with Gasteiger partial charge in [-0.3, -0.25) is 4.79 Å². The van der Waals surface area contributed by atoms with Gasteiger partial charge in [-0.15, -0.1) is 6.58 Å². The van der Waals surface area contributed by atoms with Crippen LogP contribution in [0, 0.1) is 0 Å². The Labute approximate surface area is 152 Å². The Morgan fingerprint density at radius 1 is 1.25 bits per heavy atom. The quantitative estimate of drug-likeness (QED) is 0.553. The van der Waals surface area contributed by atoms with E-state index >= 15 is 0 Å². The second kappa shape index (κ2) is 8.78. The predicted octanol–water partition coefficient (Wildman–Crippen LogP) is 3.37. The first-order chi connectivity index (χ1) is 11.4. The third-order valence-electron chi connectivity index (χ3n) is 4.10. The predicted molar refractivity (Wildman–Crippen MR) is 98.5 cm³/mol. The van der Waals surface area contributed by atoms with Crippen molar-refractivity contribution in [3.63, 3.8) is 0 Å². The van der Waals surface area contributed by atoms with Crippen molar-refractivity contribution < 1.29 is 13.2 Å². The van der Waals surface area contributed by atoms with Gasteiger partial charge in [0.25, 0.3) is 5.91 Å². The molecule has 0 radical (unpaired) electrons. The number of benzene rings is 1. The van der Waals surface area contributed by atoms with Crippen molar-refractivity contribution in [3.05, 3.63) is 40.9 Å². The van der Waals surface area contributed by atoms with Crippen molar-refractivity contribution in [3.8, 4) is 0 Å². The summed E-state index contributed by atoms with van der Waals surface area (Å²) in [5.74, 6) is -0.241. The van der Waals surface area contributed by atoms with Gasteiger partial charge in [0.15, 0.2) is 0 Å². The van der Waals surface area contributed by atoms with Crippen LogP contribution < -0.4 is 10.0 Å². The molecule has 0 aliphatic heterocycles. The van der Waals surface area contributed by atoms with E-state index in [0.717, 1.165) is 25.7 Å². The molecule has 1 aromatic carbocycles. The van der Waals surface area contributed by atoms with Crippen LogP contribution in [-0.4, -0.2) is 26.9 Å². The Bertz CT molecular complexity index is 696. The van der Waals surface area contributed by atoms with Crippen molar-refractivity contribution in [1.82, 2.24) is 10.0 Å². The molecule has 5 nitrogen and oxygen atoms in total. The average molecular weight is 415 g/mol. The summed E-state index contributed by atoms with van der Waals surface area (Å²) in [4.78, 5) is 12.6. The molecule has 1 aromatic rings. The molecule has 2 rings (SSSR count). The molecule has 0 unspecified atom stereocenters. The highest BCUT2D eigenvalue weighted by atomic mass is 79.9. The number of sulfonamides is 1. The van der Waals surface area contributed by atoms with Gasteiger partial charge in [-0.25, -0.2) is 13.1 Å². The Hall–Kier alpha value is -1.18. The number of rotatable bonds is 6. The maximum Gasteiger partial charge on any atom is 0.252 e. The van der Waals surface area contributed by atoms with E-state index in [1.165, 1.54) is 31.1 Å². The summed E-state index contributed by atoms with van der Waals surface area (Å²) in [5, 5.41) is 3.04. The summed E-state index contributed by atoms with van der Waals surface area (Å²) in [6.07, 6.45) is 8.07. The van der Waals surface area contributed by atoms with Crippen LogP contribution in [0.3, 0.4) is 0 Å². The van der Waals surface area contributed by atoms with Crippen LogP contribution in [0.1, 0.15) is 48.9 Å². The summed E-state index contributed by atoms with van der Waals surface area (Å²) in [5.41, 5.74) is 0.334. The Balaban J connectivity index is 2.18. The van der Waals surface area contributed by atoms with Crippen LogP contribution in [0.4, 0.5) is 0 Å². The van der Waals surface area contributed by atoms with Gasteiger partial charge in [-0.1, -0.05) is 31.8 Å². The van der Waals surface area contributed by atoms with Gasteiger partial charge >= 0.3 is 0 Å². The first-order valence-electron chi connectivity index (χ1n) is 8.15. The maximum atomic E-state index is 12.6. The number of hydrogen-bond acceptors (Lipinski definition) is 3. The van der Waals surface area contributed by atoms with Crippen molar-refractivity contribution in [1.29, 1.82) is 0 Å². The summed E-state index contributed by atoms with van der Waals surface area (Å²) in [6, 6.07) is 4.62. The fourth-order valence-electron chi connectivity index (χ4n) is 2.78. The molecule has 1 aliphatic rings. The Morgan fingerprint density at radius 2 is 1.92 bits per heavy atom. The van der Waals surface area contributed by atoms with Crippen LogP contribution >= 0.6 is 15.9 Å². The second-order valence-electron chi connectivity index (χ2n) is 5.94. The monoisotopic (exact) mass is 414 g/mol. The fourth-order valence-corrected chi connectivity index (χ4v) is 4.24. The van der Waals surface area contributed by atoms with Gasteiger partial charge in [-0.05, 0) is 47.0 Å². The zero-order valence-corrected chi connectivity index (χ0v) is 16.0. The van der Waals surface area contributed by atoms with Crippen LogP contribution in [0.2, 0.25) is 0 Å². The fraction of sp³-hybridized carbons (Fsp3) is 0.471. The van der Waals surface area contributed by atoms with E-state index in [-0.39, 0.29) is 23.4 Å². The first kappa shape index (κ1) is 19.1. The molecule has 0 atom stereocenters. The number of carbonyl (C=O) groups is 1. The van der Waals surface area contributed by atoms with Gasteiger partial charge in [0, 0.05) is 17.1 Å². The molecule has 0 bridgehead atoms. The van der Waals surface area contributed by atoms with Crippen molar-refractivity contribution in [2.24, 2.45) is 0 Å². The van der Waals surface area contributed by atoms with Crippen molar-refractivity contribution in [2.75, 3.05) is 6.54 Å². The highest BCUT2D eigenvalue weighted by Crippen LogP contribution is 2.23. The topological polar surface area (TPSA) is 75.3 Å². The number of halogens is 1. The summed E-state index contributed by atoms with van der Waals surface area (Å²) in [6.45, 7) is 3.63. The molecule has 0 aromatic heterocycles.